The highest BCUT2D eigenvalue weighted by atomic mass is 79.9. The molecular weight excluding hydrogens is 450 g/mol. The van der Waals surface area contributed by atoms with Gasteiger partial charge in [0.15, 0.2) is 6.61 Å². The number of hydrazine groups is 1. The molecule has 0 saturated carbocycles. The lowest BCUT2D eigenvalue weighted by atomic mass is 10.2. The zero-order valence-electron chi connectivity index (χ0n) is 15.3. The predicted molar refractivity (Wildman–Crippen MR) is 107 cm³/mol. The van der Waals surface area contributed by atoms with Gasteiger partial charge in [-0.25, -0.2) is 8.42 Å². The van der Waals surface area contributed by atoms with E-state index < -0.39 is 28.4 Å². The third-order valence-corrected chi connectivity index (χ3v) is 5.94. The number of nitrogens with one attached hydrogen (secondary N) is 2. The first kappa shape index (κ1) is 21.9. The van der Waals surface area contributed by atoms with E-state index in [4.69, 9.17) is 4.74 Å². The van der Waals surface area contributed by atoms with Gasteiger partial charge >= 0.3 is 0 Å². The van der Waals surface area contributed by atoms with E-state index in [2.05, 4.69) is 26.8 Å². The van der Waals surface area contributed by atoms with Crippen LogP contribution in [0.5, 0.6) is 5.75 Å². The van der Waals surface area contributed by atoms with Crippen LogP contribution in [0.3, 0.4) is 0 Å². The molecule has 2 N–H and O–H groups in total. The summed E-state index contributed by atoms with van der Waals surface area (Å²) >= 11 is 3.23. The second kappa shape index (κ2) is 9.67. The summed E-state index contributed by atoms with van der Waals surface area (Å²) in [6, 6.07) is 13.2. The number of aryl methyl sites for hydroxylation is 1. The Hall–Kier alpha value is -2.43. The van der Waals surface area contributed by atoms with Crippen LogP contribution in [-0.2, 0) is 19.6 Å². The third kappa shape index (κ3) is 6.32. The minimum absolute atomic E-state index is 0.0570. The first-order valence-corrected chi connectivity index (χ1v) is 10.4. The zero-order valence-corrected chi connectivity index (χ0v) is 17.7. The van der Waals surface area contributed by atoms with Crippen molar-refractivity contribution in [1.29, 1.82) is 0 Å². The van der Waals surface area contributed by atoms with Gasteiger partial charge in [0.2, 0.25) is 10.0 Å². The summed E-state index contributed by atoms with van der Waals surface area (Å²) in [5.41, 5.74) is 5.33. The quantitative estimate of drug-likeness (QED) is 0.599. The molecule has 0 aliphatic heterocycles. The maximum absolute atomic E-state index is 12.4. The van der Waals surface area contributed by atoms with E-state index in [1.54, 1.807) is 30.3 Å². The van der Waals surface area contributed by atoms with Gasteiger partial charge in [0.1, 0.15) is 5.75 Å². The highest BCUT2D eigenvalue weighted by Crippen LogP contribution is 2.17. The minimum atomic E-state index is -3.83. The molecule has 0 aromatic heterocycles. The molecule has 0 aliphatic rings. The van der Waals surface area contributed by atoms with E-state index >= 15 is 0 Å². The van der Waals surface area contributed by atoms with E-state index in [1.807, 2.05) is 13.0 Å². The first-order chi connectivity index (χ1) is 13.2. The molecule has 150 valence electrons. The van der Waals surface area contributed by atoms with Crippen molar-refractivity contribution in [2.24, 2.45) is 0 Å². The molecule has 0 radical (unpaired) electrons. The smallest absolute Gasteiger partial charge is 0.276 e. The SMILES string of the molecule is Cc1cccc(OCC(=O)NNC(=O)CN(C)S(=O)(=O)c2ccc(Br)cc2)c1. The first-order valence-electron chi connectivity index (χ1n) is 8.17. The lowest BCUT2D eigenvalue weighted by Crippen LogP contribution is -2.48. The topological polar surface area (TPSA) is 105 Å². The van der Waals surface area contributed by atoms with E-state index in [9.17, 15) is 18.0 Å². The van der Waals surface area contributed by atoms with Crippen LogP contribution in [0.2, 0.25) is 0 Å². The Labute approximate surface area is 172 Å². The van der Waals surface area contributed by atoms with Gasteiger partial charge in [0.25, 0.3) is 11.8 Å². The van der Waals surface area contributed by atoms with Gasteiger partial charge in [-0.2, -0.15) is 4.31 Å². The second-order valence-electron chi connectivity index (χ2n) is 5.92. The standard InChI is InChI=1S/C18H20BrN3O5S/c1-13-4-3-5-15(10-13)27-12-18(24)21-20-17(23)11-22(2)28(25,26)16-8-6-14(19)7-9-16/h3-10H,11-12H2,1-2H3,(H,20,23)(H,21,24). The molecule has 0 heterocycles. The Kier molecular flexibility index (Phi) is 7.55. The fraction of sp³-hybridized carbons (Fsp3) is 0.222. The van der Waals surface area contributed by atoms with Gasteiger partial charge < -0.3 is 4.74 Å². The van der Waals surface area contributed by atoms with E-state index in [1.165, 1.54) is 19.2 Å². The molecule has 2 aromatic rings. The number of rotatable bonds is 7. The minimum Gasteiger partial charge on any atom is -0.484 e. The maximum atomic E-state index is 12.4. The molecule has 2 aromatic carbocycles. The Balaban J connectivity index is 1.81. The average molecular weight is 470 g/mol. The summed E-state index contributed by atoms with van der Waals surface area (Å²) in [5.74, 6) is -0.734. The van der Waals surface area contributed by atoms with E-state index in [-0.39, 0.29) is 11.5 Å². The molecule has 0 saturated heterocycles. The summed E-state index contributed by atoms with van der Waals surface area (Å²) in [6.07, 6.45) is 0. The van der Waals surface area contributed by atoms with Crippen molar-refractivity contribution in [1.82, 2.24) is 15.2 Å². The van der Waals surface area contributed by atoms with Gasteiger partial charge in [-0.05, 0) is 48.9 Å². The van der Waals surface area contributed by atoms with Crippen LogP contribution >= 0.6 is 15.9 Å². The number of likely N-dealkylation sites (N-methyl/N-ethyl adjacent to an activating group) is 1. The van der Waals surface area contributed by atoms with Gasteiger partial charge in [0.05, 0.1) is 11.4 Å². The molecule has 0 spiro atoms. The Morgan fingerprint density at radius 3 is 2.36 bits per heavy atom. The lowest BCUT2D eigenvalue weighted by molar-refractivity contribution is -0.130. The second-order valence-corrected chi connectivity index (χ2v) is 8.88. The van der Waals surface area contributed by atoms with Crippen LogP contribution < -0.4 is 15.6 Å². The third-order valence-electron chi connectivity index (χ3n) is 3.59. The van der Waals surface area contributed by atoms with Crippen molar-refractivity contribution in [2.45, 2.75) is 11.8 Å². The number of nitrogens with zero attached hydrogens (tertiary/aromatic N) is 1. The van der Waals surface area contributed by atoms with Crippen molar-refractivity contribution in [2.75, 3.05) is 20.2 Å². The lowest BCUT2D eigenvalue weighted by Gasteiger charge is -2.17. The maximum Gasteiger partial charge on any atom is 0.276 e. The molecule has 10 heteroatoms. The highest BCUT2D eigenvalue weighted by molar-refractivity contribution is 9.10. The fourth-order valence-corrected chi connectivity index (χ4v) is 3.53. The Morgan fingerprint density at radius 2 is 1.71 bits per heavy atom. The van der Waals surface area contributed by atoms with Crippen LogP contribution in [-0.4, -0.2) is 44.7 Å². The van der Waals surface area contributed by atoms with Crippen LogP contribution in [0, 0.1) is 6.92 Å². The number of ether oxygens (including phenoxy) is 1. The monoisotopic (exact) mass is 469 g/mol. The fourth-order valence-electron chi connectivity index (χ4n) is 2.14. The van der Waals surface area contributed by atoms with Crippen molar-refractivity contribution in [3.8, 4) is 5.75 Å². The molecule has 0 bridgehead atoms. The van der Waals surface area contributed by atoms with Crippen LogP contribution in [0.1, 0.15) is 5.56 Å². The van der Waals surface area contributed by atoms with Crippen LogP contribution in [0.15, 0.2) is 57.9 Å². The van der Waals surface area contributed by atoms with Crippen LogP contribution in [0.25, 0.3) is 0 Å². The average Bonchev–Trinajstić information content (AvgIpc) is 2.65. The van der Waals surface area contributed by atoms with E-state index in [0.29, 0.717) is 5.75 Å². The molecule has 2 rings (SSSR count). The number of benzene rings is 2. The predicted octanol–water partition coefficient (Wildman–Crippen LogP) is 1.60. The molecule has 0 aliphatic carbocycles. The number of carbonyl (C=O) groups is 2. The molecule has 0 fully saturated rings. The summed E-state index contributed by atoms with van der Waals surface area (Å²) < 4.78 is 31.8. The molecule has 0 unspecified atom stereocenters. The van der Waals surface area contributed by atoms with Crippen molar-refractivity contribution in [3.05, 3.63) is 58.6 Å². The molecule has 28 heavy (non-hydrogen) atoms. The normalized spacial score (nSPS) is 11.1. The summed E-state index contributed by atoms with van der Waals surface area (Å²) in [5, 5.41) is 0. The molecule has 2 amide bonds. The number of carbonyl (C=O) groups excluding carboxylic acids is 2. The van der Waals surface area contributed by atoms with Gasteiger partial charge in [-0.3, -0.25) is 20.4 Å². The van der Waals surface area contributed by atoms with Crippen molar-refractivity contribution in [3.63, 3.8) is 0 Å². The molecule has 0 atom stereocenters. The van der Waals surface area contributed by atoms with Crippen molar-refractivity contribution >= 4 is 37.8 Å². The molecule has 8 nitrogen and oxygen atoms in total. The van der Waals surface area contributed by atoms with Crippen molar-refractivity contribution < 1.29 is 22.7 Å². The Bertz CT molecular complexity index is 948. The molecular formula is C18H20BrN3O5S. The van der Waals surface area contributed by atoms with Crippen LogP contribution in [0.4, 0.5) is 0 Å². The number of sulfonamides is 1. The van der Waals surface area contributed by atoms with Gasteiger partial charge in [-0.1, -0.05) is 28.1 Å². The van der Waals surface area contributed by atoms with Gasteiger partial charge in [-0.15, -0.1) is 0 Å². The highest BCUT2D eigenvalue weighted by Gasteiger charge is 2.23. The number of hydrogen-bond acceptors (Lipinski definition) is 5. The zero-order chi connectivity index (χ0) is 20.7. The number of hydrogen-bond donors (Lipinski definition) is 2. The number of halogens is 1. The largest absolute Gasteiger partial charge is 0.484 e. The number of amides is 2. The van der Waals surface area contributed by atoms with E-state index in [0.717, 1.165) is 14.3 Å². The van der Waals surface area contributed by atoms with Gasteiger partial charge in [0, 0.05) is 11.5 Å². The Morgan fingerprint density at radius 1 is 1.07 bits per heavy atom. The summed E-state index contributed by atoms with van der Waals surface area (Å²) in [4.78, 5) is 23.7. The summed E-state index contributed by atoms with van der Waals surface area (Å²) in [6.45, 7) is 1.14. The summed E-state index contributed by atoms with van der Waals surface area (Å²) in [7, 11) is -2.55.